The maximum absolute atomic E-state index is 13.1. The van der Waals surface area contributed by atoms with E-state index in [1.54, 1.807) is 24.3 Å². The van der Waals surface area contributed by atoms with E-state index in [0.29, 0.717) is 6.42 Å². The first-order valence-electron chi connectivity index (χ1n) is 6.98. The summed E-state index contributed by atoms with van der Waals surface area (Å²) in [6.45, 7) is 1.81. The van der Waals surface area contributed by atoms with E-state index in [1.165, 1.54) is 12.1 Å². The Hall–Kier alpha value is -2.07. The third-order valence-corrected chi connectivity index (χ3v) is 3.72. The van der Waals surface area contributed by atoms with Crippen molar-refractivity contribution in [2.24, 2.45) is 0 Å². The van der Waals surface area contributed by atoms with Crippen LogP contribution in [0.25, 0.3) is 0 Å². The quantitative estimate of drug-likeness (QED) is 0.874. The van der Waals surface area contributed by atoms with Gasteiger partial charge in [0, 0.05) is 6.42 Å². The predicted molar refractivity (Wildman–Crippen MR) is 84.4 cm³/mol. The van der Waals surface area contributed by atoms with Crippen molar-refractivity contribution in [2.75, 3.05) is 0 Å². The Labute approximate surface area is 133 Å². The van der Waals surface area contributed by atoms with Gasteiger partial charge in [-0.3, -0.25) is 4.79 Å². The van der Waals surface area contributed by atoms with Gasteiger partial charge < -0.3 is 10.4 Å². The van der Waals surface area contributed by atoms with Gasteiger partial charge in [-0.05, 0) is 42.7 Å². The molecule has 1 atom stereocenters. The molecular formula is C17H17ClFNO2. The van der Waals surface area contributed by atoms with Crippen molar-refractivity contribution in [3.05, 3.63) is 64.4 Å². The van der Waals surface area contributed by atoms with Crippen LogP contribution >= 0.6 is 11.6 Å². The lowest BCUT2D eigenvalue weighted by molar-refractivity contribution is -0.121. The normalized spacial score (nSPS) is 12.0. The van der Waals surface area contributed by atoms with Crippen molar-refractivity contribution in [3.8, 4) is 5.75 Å². The number of phenols is 1. The minimum absolute atomic E-state index is 0.0350. The van der Waals surface area contributed by atoms with Crippen LogP contribution in [-0.4, -0.2) is 11.0 Å². The number of benzene rings is 2. The standard InChI is InChI=1S/C17H17ClFNO2/c1-11(13-6-8-15(19)14(18)10-13)20-17(22)9-7-12-4-2-3-5-16(12)21/h2-6,8,10-11,21H,7,9H2,1H3,(H,20,22)/t11-/m1/s1. The maximum atomic E-state index is 13.1. The van der Waals surface area contributed by atoms with E-state index in [1.807, 2.05) is 13.0 Å². The first-order valence-corrected chi connectivity index (χ1v) is 7.36. The molecule has 0 spiro atoms. The molecule has 0 aliphatic carbocycles. The van der Waals surface area contributed by atoms with Crippen molar-refractivity contribution in [1.82, 2.24) is 5.32 Å². The van der Waals surface area contributed by atoms with E-state index in [0.717, 1.165) is 11.1 Å². The van der Waals surface area contributed by atoms with Gasteiger partial charge in [-0.1, -0.05) is 35.9 Å². The lowest BCUT2D eigenvalue weighted by atomic mass is 10.1. The Bertz CT molecular complexity index is 675. The molecule has 0 radical (unpaired) electrons. The lowest BCUT2D eigenvalue weighted by Gasteiger charge is -2.15. The Kier molecular flexibility index (Phi) is 5.39. The van der Waals surface area contributed by atoms with Crippen LogP contribution in [0.5, 0.6) is 5.75 Å². The molecule has 0 saturated carbocycles. The number of para-hydroxylation sites is 1. The number of rotatable bonds is 5. The first kappa shape index (κ1) is 16.3. The lowest BCUT2D eigenvalue weighted by Crippen LogP contribution is -2.26. The number of aryl methyl sites for hydroxylation is 1. The summed E-state index contributed by atoms with van der Waals surface area (Å²) in [7, 11) is 0. The average molecular weight is 322 g/mol. The molecule has 0 unspecified atom stereocenters. The van der Waals surface area contributed by atoms with Crippen molar-refractivity contribution >= 4 is 17.5 Å². The smallest absolute Gasteiger partial charge is 0.220 e. The molecule has 0 aromatic heterocycles. The minimum atomic E-state index is -0.483. The van der Waals surface area contributed by atoms with Crippen molar-refractivity contribution in [2.45, 2.75) is 25.8 Å². The highest BCUT2D eigenvalue weighted by molar-refractivity contribution is 6.30. The van der Waals surface area contributed by atoms with Crippen LogP contribution in [0.4, 0.5) is 4.39 Å². The second kappa shape index (κ2) is 7.27. The summed E-state index contributed by atoms with van der Waals surface area (Å²) in [4.78, 5) is 12.0. The van der Waals surface area contributed by atoms with Crippen LogP contribution in [0.15, 0.2) is 42.5 Å². The number of phenolic OH excluding ortho intramolecular Hbond substituents is 1. The maximum Gasteiger partial charge on any atom is 0.220 e. The molecule has 0 saturated heterocycles. The van der Waals surface area contributed by atoms with Gasteiger partial charge in [0.15, 0.2) is 0 Å². The Balaban J connectivity index is 1.91. The number of hydrogen-bond donors (Lipinski definition) is 2. The Morgan fingerprint density at radius 2 is 2.05 bits per heavy atom. The van der Waals surface area contributed by atoms with Gasteiger partial charge in [0.2, 0.25) is 5.91 Å². The second-order valence-electron chi connectivity index (χ2n) is 5.09. The van der Waals surface area contributed by atoms with Gasteiger partial charge in [0.05, 0.1) is 11.1 Å². The fraction of sp³-hybridized carbons (Fsp3) is 0.235. The van der Waals surface area contributed by atoms with Crippen molar-refractivity contribution in [3.63, 3.8) is 0 Å². The van der Waals surface area contributed by atoms with Gasteiger partial charge in [-0.2, -0.15) is 0 Å². The predicted octanol–water partition coefficient (Wildman–Crippen LogP) is 3.99. The monoisotopic (exact) mass is 321 g/mol. The molecule has 2 N–H and O–H groups in total. The molecule has 0 fully saturated rings. The summed E-state index contributed by atoms with van der Waals surface area (Å²) in [5.41, 5.74) is 1.47. The first-order chi connectivity index (χ1) is 10.5. The molecule has 116 valence electrons. The van der Waals surface area contributed by atoms with E-state index in [-0.39, 0.29) is 29.1 Å². The SMILES string of the molecule is C[C@@H](NC(=O)CCc1ccccc1O)c1ccc(F)c(Cl)c1. The minimum Gasteiger partial charge on any atom is -0.508 e. The van der Waals surface area contributed by atoms with E-state index in [9.17, 15) is 14.3 Å². The van der Waals surface area contributed by atoms with Crippen LogP contribution in [-0.2, 0) is 11.2 Å². The molecule has 0 bridgehead atoms. The Morgan fingerprint density at radius 3 is 2.73 bits per heavy atom. The van der Waals surface area contributed by atoms with Crippen LogP contribution < -0.4 is 5.32 Å². The van der Waals surface area contributed by atoms with Crippen LogP contribution in [0.2, 0.25) is 5.02 Å². The van der Waals surface area contributed by atoms with E-state index in [4.69, 9.17) is 11.6 Å². The number of halogens is 2. The molecule has 3 nitrogen and oxygen atoms in total. The van der Waals surface area contributed by atoms with Gasteiger partial charge in [0.25, 0.3) is 0 Å². The largest absolute Gasteiger partial charge is 0.508 e. The zero-order valence-corrected chi connectivity index (χ0v) is 12.9. The fourth-order valence-corrected chi connectivity index (χ4v) is 2.34. The molecule has 5 heteroatoms. The third-order valence-electron chi connectivity index (χ3n) is 3.43. The van der Waals surface area contributed by atoms with Crippen LogP contribution in [0, 0.1) is 5.82 Å². The summed E-state index contributed by atoms with van der Waals surface area (Å²) >= 11 is 5.74. The number of carbonyl (C=O) groups excluding carboxylic acids is 1. The highest BCUT2D eigenvalue weighted by Gasteiger charge is 2.12. The number of amides is 1. The van der Waals surface area contributed by atoms with Crippen LogP contribution in [0.1, 0.15) is 30.5 Å². The van der Waals surface area contributed by atoms with Gasteiger partial charge in [-0.25, -0.2) is 4.39 Å². The molecule has 0 heterocycles. The summed E-state index contributed by atoms with van der Waals surface area (Å²) in [5, 5.41) is 12.5. The van der Waals surface area contributed by atoms with Crippen molar-refractivity contribution in [1.29, 1.82) is 0 Å². The number of aromatic hydroxyl groups is 1. The van der Waals surface area contributed by atoms with Gasteiger partial charge in [0.1, 0.15) is 11.6 Å². The van der Waals surface area contributed by atoms with Crippen molar-refractivity contribution < 1.29 is 14.3 Å². The van der Waals surface area contributed by atoms with E-state index < -0.39 is 5.82 Å². The number of carbonyl (C=O) groups is 1. The van der Waals surface area contributed by atoms with E-state index >= 15 is 0 Å². The topological polar surface area (TPSA) is 49.3 Å². The summed E-state index contributed by atoms with van der Waals surface area (Å²) in [6.07, 6.45) is 0.715. The molecule has 22 heavy (non-hydrogen) atoms. The average Bonchev–Trinajstić information content (AvgIpc) is 2.49. The highest BCUT2D eigenvalue weighted by atomic mass is 35.5. The second-order valence-corrected chi connectivity index (χ2v) is 5.50. The highest BCUT2D eigenvalue weighted by Crippen LogP contribution is 2.21. The number of nitrogens with one attached hydrogen (secondary N) is 1. The van der Waals surface area contributed by atoms with Gasteiger partial charge in [-0.15, -0.1) is 0 Å². The summed E-state index contributed by atoms with van der Waals surface area (Å²) < 4.78 is 13.1. The van der Waals surface area contributed by atoms with E-state index in [2.05, 4.69) is 5.32 Å². The molecule has 2 aromatic carbocycles. The Morgan fingerprint density at radius 1 is 1.32 bits per heavy atom. The molecule has 1 amide bonds. The third kappa shape index (κ3) is 4.21. The zero-order valence-electron chi connectivity index (χ0n) is 12.1. The fourth-order valence-electron chi connectivity index (χ4n) is 2.15. The molecule has 0 aliphatic heterocycles. The zero-order chi connectivity index (χ0) is 16.1. The summed E-state index contributed by atoms with van der Waals surface area (Å²) in [6, 6.07) is 11.0. The molecule has 0 aliphatic rings. The molecule has 2 rings (SSSR count). The molecule has 2 aromatic rings. The van der Waals surface area contributed by atoms with Crippen LogP contribution in [0.3, 0.4) is 0 Å². The van der Waals surface area contributed by atoms with Gasteiger partial charge >= 0.3 is 0 Å². The molecular weight excluding hydrogens is 305 g/mol. The summed E-state index contributed by atoms with van der Waals surface area (Å²) in [5.74, 6) is -0.437. The number of hydrogen-bond acceptors (Lipinski definition) is 2.